The van der Waals surface area contributed by atoms with E-state index in [9.17, 15) is 8.42 Å². The fourth-order valence-corrected chi connectivity index (χ4v) is 1.48. The van der Waals surface area contributed by atoms with Crippen LogP contribution in [-0.2, 0) is 9.84 Å². The number of nitrogens with one attached hydrogen (secondary N) is 1. The molecule has 1 rings (SSSR count). The lowest BCUT2D eigenvalue weighted by Gasteiger charge is -2.05. The molecule has 80 valence electrons. The summed E-state index contributed by atoms with van der Waals surface area (Å²) in [5.41, 5.74) is 1.02. The van der Waals surface area contributed by atoms with Gasteiger partial charge in [0, 0.05) is 19.0 Å². The highest BCUT2D eigenvalue weighted by Crippen LogP contribution is 2.10. The normalized spacial score (nSPS) is 10.7. The Morgan fingerprint density at radius 1 is 1.60 bits per heavy atom. The largest absolute Gasteiger partial charge is 0.382 e. The van der Waals surface area contributed by atoms with E-state index in [-0.39, 0.29) is 12.3 Å². The Morgan fingerprint density at radius 2 is 2.33 bits per heavy atom. The van der Waals surface area contributed by atoms with Gasteiger partial charge in [0.25, 0.3) is 0 Å². The SMILES string of the molecule is CS(=O)(=O)CCNc1cnccc1C#N. The third kappa shape index (κ3) is 3.95. The van der Waals surface area contributed by atoms with Gasteiger partial charge in [0.2, 0.25) is 0 Å². The summed E-state index contributed by atoms with van der Waals surface area (Å²) in [5.74, 6) is 0.0345. The molecule has 1 aromatic heterocycles. The molecule has 0 aliphatic rings. The number of sulfone groups is 1. The van der Waals surface area contributed by atoms with E-state index >= 15 is 0 Å². The van der Waals surface area contributed by atoms with Crippen molar-refractivity contribution >= 4 is 15.5 Å². The van der Waals surface area contributed by atoms with Crippen molar-refractivity contribution in [3.8, 4) is 6.07 Å². The van der Waals surface area contributed by atoms with Crippen LogP contribution in [0.1, 0.15) is 5.56 Å². The molecule has 0 saturated carbocycles. The zero-order valence-electron chi connectivity index (χ0n) is 8.27. The van der Waals surface area contributed by atoms with Crippen LogP contribution in [0.5, 0.6) is 0 Å². The second-order valence-electron chi connectivity index (χ2n) is 3.09. The summed E-state index contributed by atoms with van der Waals surface area (Å²) < 4.78 is 21.7. The van der Waals surface area contributed by atoms with Crippen LogP contribution in [0.3, 0.4) is 0 Å². The summed E-state index contributed by atoms with van der Waals surface area (Å²) in [6.45, 7) is 0.277. The zero-order valence-corrected chi connectivity index (χ0v) is 9.08. The number of nitriles is 1. The maximum Gasteiger partial charge on any atom is 0.149 e. The highest BCUT2D eigenvalue weighted by atomic mass is 32.2. The molecule has 0 saturated heterocycles. The average Bonchev–Trinajstić information content (AvgIpc) is 2.16. The van der Waals surface area contributed by atoms with Crippen LogP contribution in [0.2, 0.25) is 0 Å². The summed E-state index contributed by atoms with van der Waals surface area (Å²) in [4.78, 5) is 3.85. The van der Waals surface area contributed by atoms with Gasteiger partial charge in [0.1, 0.15) is 15.9 Å². The first kappa shape index (κ1) is 11.5. The minimum Gasteiger partial charge on any atom is -0.382 e. The monoisotopic (exact) mass is 225 g/mol. The Labute approximate surface area is 88.7 Å². The Hall–Kier alpha value is -1.61. The fourth-order valence-electron chi connectivity index (χ4n) is 1.00. The van der Waals surface area contributed by atoms with Gasteiger partial charge in [0.05, 0.1) is 23.2 Å². The summed E-state index contributed by atoms with van der Waals surface area (Å²) in [6, 6.07) is 3.56. The topological polar surface area (TPSA) is 82.8 Å². The molecule has 0 bridgehead atoms. The maximum atomic E-state index is 10.9. The summed E-state index contributed by atoms with van der Waals surface area (Å²) >= 11 is 0. The Kier molecular flexibility index (Phi) is 3.63. The number of rotatable bonds is 4. The van der Waals surface area contributed by atoms with Gasteiger partial charge in [-0.05, 0) is 6.07 Å². The van der Waals surface area contributed by atoms with Gasteiger partial charge in [-0.3, -0.25) is 4.98 Å². The molecule has 1 heterocycles. The van der Waals surface area contributed by atoms with Crippen molar-refractivity contribution in [3.63, 3.8) is 0 Å². The molecule has 0 unspecified atom stereocenters. The van der Waals surface area contributed by atoms with Crippen molar-refractivity contribution in [1.82, 2.24) is 4.98 Å². The first-order valence-electron chi connectivity index (χ1n) is 4.28. The van der Waals surface area contributed by atoms with Crippen LogP contribution in [-0.4, -0.2) is 32.0 Å². The molecule has 0 fully saturated rings. The standard InChI is InChI=1S/C9H11N3O2S/c1-15(13,14)5-4-12-9-7-11-3-2-8(9)6-10/h2-3,7,12H,4-5H2,1H3. The minimum atomic E-state index is -2.98. The number of anilines is 1. The smallest absolute Gasteiger partial charge is 0.149 e. The number of hydrogen-bond acceptors (Lipinski definition) is 5. The highest BCUT2D eigenvalue weighted by molar-refractivity contribution is 7.90. The molecule has 0 radical (unpaired) electrons. The Morgan fingerprint density at radius 3 is 2.93 bits per heavy atom. The number of aromatic nitrogens is 1. The van der Waals surface area contributed by atoms with Crippen LogP contribution in [0.25, 0.3) is 0 Å². The molecule has 1 aromatic rings. The highest BCUT2D eigenvalue weighted by Gasteiger charge is 2.03. The van der Waals surface area contributed by atoms with E-state index in [2.05, 4.69) is 10.3 Å². The zero-order chi connectivity index (χ0) is 11.3. The van der Waals surface area contributed by atoms with E-state index < -0.39 is 9.84 Å². The minimum absolute atomic E-state index is 0.0345. The van der Waals surface area contributed by atoms with E-state index in [1.165, 1.54) is 18.6 Å². The van der Waals surface area contributed by atoms with Crippen molar-refractivity contribution in [2.75, 3.05) is 23.9 Å². The van der Waals surface area contributed by atoms with Crippen LogP contribution in [0, 0.1) is 11.3 Å². The van der Waals surface area contributed by atoms with Crippen molar-refractivity contribution in [2.24, 2.45) is 0 Å². The summed E-state index contributed by atoms with van der Waals surface area (Å²) in [5, 5.41) is 11.6. The molecular formula is C9H11N3O2S. The Balaban J connectivity index is 2.63. The second-order valence-corrected chi connectivity index (χ2v) is 5.35. The predicted octanol–water partition coefficient (Wildman–Crippen LogP) is 0.410. The van der Waals surface area contributed by atoms with E-state index in [1.807, 2.05) is 6.07 Å². The third-order valence-corrected chi connectivity index (χ3v) is 2.68. The first-order valence-corrected chi connectivity index (χ1v) is 6.35. The van der Waals surface area contributed by atoms with E-state index in [0.717, 1.165) is 0 Å². The van der Waals surface area contributed by atoms with Crippen LogP contribution >= 0.6 is 0 Å². The molecule has 0 aliphatic heterocycles. The van der Waals surface area contributed by atoms with Crippen molar-refractivity contribution in [3.05, 3.63) is 24.0 Å². The lowest BCUT2D eigenvalue weighted by Crippen LogP contribution is -2.14. The van der Waals surface area contributed by atoms with Gasteiger partial charge in [-0.15, -0.1) is 0 Å². The summed E-state index contributed by atoms with van der Waals surface area (Å²) in [6.07, 6.45) is 4.18. The van der Waals surface area contributed by atoms with Gasteiger partial charge < -0.3 is 5.32 Å². The molecule has 0 aromatic carbocycles. The van der Waals surface area contributed by atoms with Gasteiger partial charge in [-0.25, -0.2) is 8.42 Å². The summed E-state index contributed by atoms with van der Waals surface area (Å²) in [7, 11) is -2.98. The number of nitrogens with zero attached hydrogens (tertiary/aromatic N) is 2. The fraction of sp³-hybridized carbons (Fsp3) is 0.333. The van der Waals surface area contributed by atoms with Crippen LogP contribution < -0.4 is 5.32 Å². The van der Waals surface area contributed by atoms with Gasteiger partial charge in [-0.1, -0.05) is 0 Å². The molecule has 1 N–H and O–H groups in total. The maximum absolute atomic E-state index is 10.9. The molecule has 6 heteroatoms. The van der Waals surface area contributed by atoms with Crippen molar-refractivity contribution in [2.45, 2.75) is 0 Å². The molecular weight excluding hydrogens is 214 g/mol. The first-order chi connectivity index (χ1) is 7.03. The second kappa shape index (κ2) is 4.75. The lowest BCUT2D eigenvalue weighted by atomic mass is 10.2. The van der Waals surface area contributed by atoms with Crippen LogP contribution in [0.4, 0.5) is 5.69 Å². The molecule has 0 aliphatic carbocycles. The molecule has 0 spiro atoms. The average molecular weight is 225 g/mol. The molecule has 5 nitrogen and oxygen atoms in total. The van der Waals surface area contributed by atoms with E-state index in [0.29, 0.717) is 11.3 Å². The van der Waals surface area contributed by atoms with Gasteiger partial charge in [-0.2, -0.15) is 5.26 Å². The molecule has 0 amide bonds. The van der Waals surface area contributed by atoms with Crippen LogP contribution in [0.15, 0.2) is 18.5 Å². The third-order valence-electron chi connectivity index (χ3n) is 1.73. The quantitative estimate of drug-likeness (QED) is 0.802. The van der Waals surface area contributed by atoms with Gasteiger partial charge in [0.15, 0.2) is 0 Å². The van der Waals surface area contributed by atoms with E-state index in [4.69, 9.17) is 5.26 Å². The Bertz CT molecular complexity index is 476. The predicted molar refractivity (Wildman–Crippen MR) is 57.2 cm³/mol. The lowest BCUT2D eigenvalue weighted by molar-refractivity contribution is 0.602. The van der Waals surface area contributed by atoms with Crippen molar-refractivity contribution in [1.29, 1.82) is 5.26 Å². The number of hydrogen-bond donors (Lipinski definition) is 1. The molecule has 15 heavy (non-hydrogen) atoms. The van der Waals surface area contributed by atoms with Gasteiger partial charge >= 0.3 is 0 Å². The van der Waals surface area contributed by atoms with E-state index in [1.54, 1.807) is 6.07 Å². The molecule has 0 atom stereocenters. The van der Waals surface area contributed by atoms with Crippen molar-refractivity contribution < 1.29 is 8.42 Å². The number of pyridine rings is 1.